The minimum Gasteiger partial charge on any atom is -0.374 e. The third-order valence-electron chi connectivity index (χ3n) is 3.10. The molecule has 20 heavy (non-hydrogen) atoms. The molecule has 0 radical (unpaired) electrons. The molecular weight excluding hydrogens is 272 g/mol. The molecule has 0 spiro atoms. The lowest BCUT2D eigenvalue weighted by atomic mass is 10.5. The number of aromatic nitrogens is 2. The Morgan fingerprint density at radius 3 is 2.05 bits per heavy atom. The maximum Gasteiger partial charge on any atom is 0.501 e. The number of imidazole rings is 1. The summed E-state index contributed by atoms with van der Waals surface area (Å²) in [6.45, 7) is 12.0. The second-order valence-corrected chi connectivity index (χ2v) is 7.30. The summed E-state index contributed by atoms with van der Waals surface area (Å²) >= 11 is 0. The molecule has 0 fully saturated rings. The second-order valence-electron chi connectivity index (χ2n) is 4.57. The van der Waals surface area contributed by atoms with Crippen LogP contribution in [0.4, 0.5) is 0 Å². The van der Waals surface area contributed by atoms with Gasteiger partial charge in [-0.15, -0.1) is 0 Å². The molecule has 0 unspecified atom stereocenters. The van der Waals surface area contributed by atoms with E-state index in [1.54, 1.807) is 0 Å². The number of aryl methyl sites for hydroxylation is 2. The smallest absolute Gasteiger partial charge is 0.374 e. The molecule has 1 rings (SSSR count). The minimum absolute atomic E-state index is 0.644. The normalized spacial score (nSPS) is 12.0. The molecule has 0 aromatic carbocycles. The third-order valence-corrected chi connectivity index (χ3v) is 6.25. The molecule has 1 aromatic rings. The first-order valence-corrected chi connectivity index (χ1v) is 9.59. The zero-order valence-electron chi connectivity index (χ0n) is 13.3. The molecule has 0 N–H and O–H groups in total. The average Bonchev–Trinajstić information content (AvgIpc) is 2.88. The van der Waals surface area contributed by atoms with Crippen LogP contribution in [0.25, 0.3) is 0 Å². The molecule has 0 bridgehead atoms. The molecule has 0 aliphatic heterocycles. The fourth-order valence-corrected chi connectivity index (χ4v) is 4.83. The van der Waals surface area contributed by atoms with Gasteiger partial charge in [-0.05, 0) is 34.1 Å². The summed E-state index contributed by atoms with van der Waals surface area (Å²) < 4.78 is 21.9. The van der Waals surface area contributed by atoms with Gasteiger partial charge in [0.25, 0.3) is 0 Å². The van der Waals surface area contributed by atoms with Crippen LogP contribution in [0.5, 0.6) is 0 Å². The first-order chi connectivity index (χ1) is 9.69. The van der Waals surface area contributed by atoms with Crippen LogP contribution in [-0.4, -0.2) is 33.2 Å². The summed E-state index contributed by atoms with van der Waals surface area (Å²) in [5.41, 5.74) is 0. The fourth-order valence-electron chi connectivity index (χ4n) is 2.24. The van der Waals surface area contributed by atoms with Crippen molar-refractivity contribution >= 4 is 8.80 Å². The van der Waals surface area contributed by atoms with E-state index >= 15 is 0 Å². The predicted octanol–water partition coefficient (Wildman–Crippen LogP) is 2.23. The van der Waals surface area contributed by atoms with Crippen molar-refractivity contribution in [3.8, 4) is 0 Å². The van der Waals surface area contributed by atoms with Crippen molar-refractivity contribution in [2.45, 2.75) is 53.2 Å². The Kier molecular flexibility index (Phi) is 8.06. The van der Waals surface area contributed by atoms with Crippen molar-refractivity contribution in [3.63, 3.8) is 0 Å². The van der Waals surface area contributed by atoms with Gasteiger partial charge in [0, 0.05) is 25.9 Å². The highest BCUT2D eigenvalue weighted by Crippen LogP contribution is 2.18. The lowest BCUT2D eigenvalue weighted by Crippen LogP contribution is -2.46. The average molecular weight is 301 g/mol. The lowest BCUT2D eigenvalue weighted by Gasteiger charge is -2.28. The van der Waals surface area contributed by atoms with Gasteiger partial charge >= 0.3 is 8.80 Å². The van der Waals surface area contributed by atoms with Gasteiger partial charge in [-0.3, -0.25) is 0 Å². The highest BCUT2D eigenvalue weighted by atomic mass is 28.4. The molecular formula is C14H29N2O3Si+. The summed E-state index contributed by atoms with van der Waals surface area (Å²) in [6.07, 6.45) is 7.34. The van der Waals surface area contributed by atoms with Crippen LogP contribution in [0, 0.1) is 0 Å². The minimum atomic E-state index is -2.47. The summed E-state index contributed by atoms with van der Waals surface area (Å²) in [5.74, 6) is 0. The summed E-state index contributed by atoms with van der Waals surface area (Å²) in [7, 11) is -2.47. The van der Waals surface area contributed by atoms with Crippen LogP contribution in [-0.2, 0) is 26.4 Å². The molecule has 1 aromatic heterocycles. The van der Waals surface area contributed by atoms with Crippen molar-refractivity contribution in [2.24, 2.45) is 0 Å². The number of hydrogen-bond donors (Lipinski definition) is 0. The first kappa shape index (κ1) is 17.4. The second kappa shape index (κ2) is 9.28. The number of nitrogens with zero attached hydrogens (tertiary/aromatic N) is 2. The van der Waals surface area contributed by atoms with Crippen molar-refractivity contribution in [1.82, 2.24) is 4.57 Å². The molecule has 0 saturated carbocycles. The van der Waals surface area contributed by atoms with Crippen molar-refractivity contribution in [3.05, 3.63) is 18.7 Å². The van der Waals surface area contributed by atoms with Crippen LogP contribution in [0.1, 0.15) is 34.1 Å². The van der Waals surface area contributed by atoms with E-state index in [1.807, 2.05) is 20.8 Å². The van der Waals surface area contributed by atoms with E-state index < -0.39 is 8.80 Å². The summed E-state index contributed by atoms with van der Waals surface area (Å²) in [4.78, 5) is 0. The van der Waals surface area contributed by atoms with Crippen molar-refractivity contribution in [2.75, 3.05) is 19.8 Å². The van der Waals surface area contributed by atoms with Gasteiger partial charge in [0.1, 0.15) is 12.4 Å². The Hall–Kier alpha value is -0.693. The van der Waals surface area contributed by atoms with Crippen LogP contribution in [0.15, 0.2) is 18.7 Å². The predicted molar refractivity (Wildman–Crippen MR) is 80.4 cm³/mol. The molecule has 0 amide bonds. The van der Waals surface area contributed by atoms with E-state index in [0.29, 0.717) is 19.8 Å². The molecule has 1 heterocycles. The molecule has 0 aliphatic carbocycles. The van der Waals surface area contributed by atoms with E-state index in [9.17, 15) is 0 Å². The van der Waals surface area contributed by atoms with Crippen LogP contribution in [0.2, 0.25) is 6.04 Å². The van der Waals surface area contributed by atoms with Gasteiger partial charge in [-0.25, -0.2) is 9.13 Å². The molecule has 0 saturated heterocycles. The SMILES string of the molecule is CCO[Si](CCC[n+]1ccn(CC)c1)(OCC)OCC. The van der Waals surface area contributed by atoms with E-state index in [1.165, 1.54) is 0 Å². The van der Waals surface area contributed by atoms with Gasteiger partial charge in [0.15, 0.2) is 0 Å². The Bertz CT molecular complexity index is 354. The number of rotatable bonds is 11. The summed E-state index contributed by atoms with van der Waals surface area (Å²) in [5, 5.41) is 0. The standard InChI is InChI=1S/C14H29N2O3Si/c1-5-15-11-12-16(14-15)10-9-13-20(17-6-2,18-7-3)19-8-4/h11-12,14H,5-10,13H2,1-4H3/q+1. The lowest BCUT2D eigenvalue weighted by molar-refractivity contribution is -0.696. The van der Waals surface area contributed by atoms with Crippen LogP contribution in [0.3, 0.4) is 0 Å². The Labute approximate surface area is 123 Å². The molecule has 5 nitrogen and oxygen atoms in total. The van der Waals surface area contributed by atoms with Crippen molar-refractivity contribution < 1.29 is 17.8 Å². The zero-order valence-corrected chi connectivity index (χ0v) is 14.3. The van der Waals surface area contributed by atoms with Crippen LogP contribution >= 0.6 is 0 Å². The van der Waals surface area contributed by atoms with Gasteiger partial charge in [0.05, 0.1) is 13.1 Å². The maximum absolute atomic E-state index is 5.85. The third kappa shape index (κ3) is 5.36. The highest BCUT2D eigenvalue weighted by Gasteiger charge is 2.39. The van der Waals surface area contributed by atoms with Gasteiger partial charge in [-0.2, -0.15) is 0 Å². The Balaban J connectivity index is 2.51. The largest absolute Gasteiger partial charge is 0.501 e. The molecule has 0 aliphatic rings. The quantitative estimate of drug-likeness (QED) is 0.464. The van der Waals surface area contributed by atoms with E-state index in [-0.39, 0.29) is 0 Å². The highest BCUT2D eigenvalue weighted by molar-refractivity contribution is 6.60. The monoisotopic (exact) mass is 301 g/mol. The topological polar surface area (TPSA) is 36.5 Å². The van der Waals surface area contributed by atoms with Crippen molar-refractivity contribution in [1.29, 1.82) is 0 Å². The Morgan fingerprint density at radius 2 is 1.60 bits per heavy atom. The molecule has 6 heteroatoms. The number of hydrogen-bond acceptors (Lipinski definition) is 3. The first-order valence-electron chi connectivity index (χ1n) is 7.66. The van der Waals surface area contributed by atoms with E-state index in [4.69, 9.17) is 13.3 Å². The zero-order chi connectivity index (χ0) is 14.8. The fraction of sp³-hybridized carbons (Fsp3) is 0.786. The van der Waals surface area contributed by atoms with E-state index in [0.717, 1.165) is 25.6 Å². The van der Waals surface area contributed by atoms with Gasteiger partial charge < -0.3 is 13.3 Å². The molecule has 0 atom stereocenters. The summed E-state index contributed by atoms with van der Waals surface area (Å²) in [6, 6.07) is 0.868. The Morgan fingerprint density at radius 1 is 1.00 bits per heavy atom. The molecule has 116 valence electrons. The van der Waals surface area contributed by atoms with E-state index in [2.05, 4.69) is 34.8 Å². The maximum atomic E-state index is 5.85. The van der Waals surface area contributed by atoms with Gasteiger partial charge in [-0.1, -0.05) is 0 Å². The van der Waals surface area contributed by atoms with Crippen LogP contribution < -0.4 is 4.57 Å². The van der Waals surface area contributed by atoms with Gasteiger partial charge in [0.2, 0.25) is 6.33 Å².